The minimum absolute atomic E-state index is 0.0570. The van der Waals surface area contributed by atoms with Crippen LogP contribution in [0.4, 0.5) is 11.5 Å². The van der Waals surface area contributed by atoms with E-state index in [0.29, 0.717) is 18.1 Å². The summed E-state index contributed by atoms with van der Waals surface area (Å²) >= 11 is 5.81. The third-order valence-corrected chi connectivity index (χ3v) is 2.89. The Morgan fingerprint density at radius 3 is 3.00 bits per heavy atom. The van der Waals surface area contributed by atoms with Crippen molar-refractivity contribution in [3.05, 3.63) is 11.5 Å². The molecule has 0 saturated carbocycles. The normalized spacial score (nSPS) is 19.8. The number of halogens is 1. The monoisotopic (exact) mass is 300 g/mol. The molecule has 2 rings (SSSR count). The first-order valence-electron chi connectivity index (χ1n) is 6.13. The molecule has 0 bridgehead atoms. The summed E-state index contributed by atoms with van der Waals surface area (Å²) in [5, 5.41) is 2.80. The van der Waals surface area contributed by atoms with Crippen LogP contribution in [0.1, 0.15) is 13.8 Å². The molecule has 1 aromatic rings. The van der Waals surface area contributed by atoms with Gasteiger partial charge in [-0.05, 0) is 25.4 Å². The SMILES string of the molecule is CN1COC(C)(C)COCC(=O)Nc2cnc(Cl)nc21. The molecule has 2 heterocycles. The zero-order chi connectivity index (χ0) is 14.8. The number of anilines is 2. The molecule has 1 amide bonds. The fourth-order valence-electron chi connectivity index (χ4n) is 1.68. The number of hydrogen-bond donors (Lipinski definition) is 1. The Bertz CT molecular complexity index is 509. The first-order valence-corrected chi connectivity index (χ1v) is 6.50. The lowest BCUT2D eigenvalue weighted by Gasteiger charge is -2.28. The Morgan fingerprint density at radius 2 is 2.25 bits per heavy atom. The smallest absolute Gasteiger partial charge is 0.250 e. The summed E-state index contributed by atoms with van der Waals surface area (Å²) in [6.07, 6.45) is 1.46. The summed E-state index contributed by atoms with van der Waals surface area (Å²) in [5.74, 6) is 0.222. The number of amides is 1. The number of hydrogen-bond acceptors (Lipinski definition) is 6. The highest BCUT2D eigenvalue weighted by Crippen LogP contribution is 2.24. The zero-order valence-corrected chi connectivity index (χ0v) is 12.4. The number of nitrogens with one attached hydrogen (secondary N) is 1. The lowest BCUT2D eigenvalue weighted by molar-refractivity contribution is -0.125. The number of carbonyl (C=O) groups excluding carboxylic acids is 1. The van der Waals surface area contributed by atoms with Gasteiger partial charge in [-0.3, -0.25) is 4.79 Å². The van der Waals surface area contributed by atoms with Gasteiger partial charge in [0.05, 0.1) is 18.4 Å². The second kappa shape index (κ2) is 5.90. The van der Waals surface area contributed by atoms with Crippen molar-refractivity contribution in [2.45, 2.75) is 19.4 Å². The van der Waals surface area contributed by atoms with Gasteiger partial charge in [-0.15, -0.1) is 0 Å². The van der Waals surface area contributed by atoms with Crippen molar-refractivity contribution in [2.24, 2.45) is 0 Å². The first-order chi connectivity index (χ1) is 9.37. The topological polar surface area (TPSA) is 76.6 Å². The van der Waals surface area contributed by atoms with Crippen LogP contribution in [-0.2, 0) is 14.3 Å². The van der Waals surface area contributed by atoms with Gasteiger partial charge in [0.15, 0.2) is 5.82 Å². The molecular weight excluding hydrogens is 284 g/mol. The van der Waals surface area contributed by atoms with Crippen LogP contribution in [-0.4, -0.2) is 48.5 Å². The number of rotatable bonds is 0. The summed E-state index contributed by atoms with van der Waals surface area (Å²) < 4.78 is 11.1. The quantitative estimate of drug-likeness (QED) is 0.728. The van der Waals surface area contributed by atoms with E-state index >= 15 is 0 Å². The summed E-state index contributed by atoms with van der Waals surface area (Å²) in [6, 6.07) is 0. The number of nitrogens with zero attached hydrogens (tertiary/aromatic N) is 3. The van der Waals surface area contributed by atoms with Crippen LogP contribution in [0.25, 0.3) is 0 Å². The lowest BCUT2D eigenvalue weighted by Crippen LogP contribution is -2.36. The van der Waals surface area contributed by atoms with Gasteiger partial charge in [0, 0.05) is 7.05 Å². The molecule has 8 heteroatoms. The van der Waals surface area contributed by atoms with E-state index in [1.54, 1.807) is 11.9 Å². The zero-order valence-electron chi connectivity index (χ0n) is 11.6. The molecule has 0 atom stereocenters. The molecule has 20 heavy (non-hydrogen) atoms. The van der Waals surface area contributed by atoms with Crippen molar-refractivity contribution in [3.8, 4) is 0 Å². The minimum atomic E-state index is -0.504. The number of fused-ring (bicyclic) bond motifs is 1. The molecule has 1 aliphatic rings. The van der Waals surface area contributed by atoms with Gasteiger partial charge in [-0.1, -0.05) is 0 Å². The van der Waals surface area contributed by atoms with Crippen molar-refractivity contribution in [1.29, 1.82) is 0 Å². The molecule has 0 radical (unpaired) electrons. The van der Waals surface area contributed by atoms with E-state index in [-0.39, 0.29) is 24.5 Å². The molecule has 1 N–H and O–H groups in total. The Morgan fingerprint density at radius 1 is 1.50 bits per heavy atom. The summed E-state index contributed by atoms with van der Waals surface area (Å²) in [4.78, 5) is 21.5. The predicted molar refractivity (Wildman–Crippen MR) is 74.9 cm³/mol. The van der Waals surface area contributed by atoms with E-state index in [1.165, 1.54) is 6.20 Å². The molecule has 0 aromatic carbocycles. The van der Waals surface area contributed by atoms with Crippen LogP contribution >= 0.6 is 11.6 Å². The van der Waals surface area contributed by atoms with E-state index in [0.717, 1.165) is 0 Å². The Hall–Kier alpha value is -1.44. The van der Waals surface area contributed by atoms with Crippen molar-refractivity contribution < 1.29 is 14.3 Å². The third-order valence-electron chi connectivity index (χ3n) is 2.71. The largest absolute Gasteiger partial charge is 0.369 e. The molecular formula is C12H17ClN4O3. The van der Waals surface area contributed by atoms with Crippen molar-refractivity contribution in [1.82, 2.24) is 9.97 Å². The van der Waals surface area contributed by atoms with Gasteiger partial charge in [0.25, 0.3) is 5.91 Å². The third kappa shape index (κ3) is 3.78. The van der Waals surface area contributed by atoms with Crippen LogP contribution in [0.5, 0.6) is 0 Å². The first kappa shape index (κ1) is 15.0. The summed E-state index contributed by atoms with van der Waals surface area (Å²) in [5.41, 5.74) is -0.0376. The number of ether oxygens (including phenoxy) is 2. The van der Waals surface area contributed by atoms with Crippen molar-refractivity contribution in [3.63, 3.8) is 0 Å². The van der Waals surface area contributed by atoms with E-state index in [2.05, 4.69) is 15.3 Å². The van der Waals surface area contributed by atoms with E-state index in [1.807, 2.05) is 13.8 Å². The second-order valence-electron chi connectivity index (χ2n) is 5.15. The average molecular weight is 301 g/mol. The molecule has 110 valence electrons. The van der Waals surface area contributed by atoms with Gasteiger partial charge in [0.1, 0.15) is 19.0 Å². The minimum Gasteiger partial charge on any atom is -0.369 e. The fourth-order valence-corrected chi connectivity index (χ4v) is 1.81. The van der Waals surface area contributed by atoms with Crippen molar-refractivity contribution in [2.75, 3.05) is 37.2 Å². The molecule has 0 spiro atoms. The van der Waals surface area contributed by atoms with Crippen LogP contribution in [0, 0.1) is 0 Å². The summed E-state index contributed by atoms with van der Waals surface area (Å²) in [7, 11) is 1.79. The van der Waals surface area contributed by atoms with Crippen LogP contribution < -0.4 is 10.2 Å². The molecule has 0 fully saturated rings. The Balaban J connectivity index is 2.31. The van der Waals surface area contributed by atoms with Gasteiger partial charge in [-0.25, -0.2) is 4.98 Å². The van der Waals surface area contributed by atoms with Crippen LogP contribution in [0.3, 0.4) is 0 Å². The van der Waals surface area contributed by atoms with Crippen molar-refractivity contribution >= 4 is 29.0 Å². The Kier molecular flexibility index (Phi) is 4.42. The Labute approximate surface area is 122 Å². The number of aromatic nitrogens is 2. The van der Waals surface area contributed by atoms with Crippen LogP contribution in [0.2, 0.25) is 5.28 Å². The van der Waals surface area contributed by atoms with E-state index < -0.39 is 5.60 Å². The fraction of sp³-hybridized carbons (Fsp3) is 0.583. The number of carbonyl (C=O) groups is 1. The predicted octanol–water partition coefficient (Wildman–Crippen LogP) is 1.29. The molecule has 1 aromatic heterocycles. The average Bonchev–Trinajstić information content (AvgIpc) is 2.38. The highest BCUT2D eigenvalue weighted by molar-refractivity contribution is 6.28. The lowest BCUT2D eigenvalue weighted by atomic mass is 10.1. The summed E-state index contributed by atoms with van der Waals surface area (Å²) in [6.45, 7) is 4.33. The molecule has 0 unspecified atom stereocenters. The van der Waals surface area contributed by atoms with Gasteiger partial charge >= 0.3 is 0 Å². The second-order valence-corrected chi connectivity index (χ2v) is 5.49. The maximum absolute atomic E-state index is 11.8. The molecule has 1 aliphatic heterocycles. The van der Waals surface area contributed by atoms with Gasteiger partial charge in [0.2, 0.25) is 5.28 Å². The maximum Gasteiger partial charge on any atom is 0.250 e. The molecule has 0 aliphatic carbocycles. The molecule has 0 saturated heterocycles. The van der Waals surface area contributed by atoms with Gasteiger partial charge in [-0.2, -0.15) is 4.98 Å². The standard InChI is InChI=1S/C12H17ClN4O3/c1-12(2)6-19-5-9(18)15-8-4-14-11(13)16-10(8)17(3)7-20-12/h4H,5-7H2,1-3H3,(H,15,18). The van der Waals surface area contributed by atoms with E-state index in [4.69, 9.17) is 21.1 Å². The van der Waals surface area contributed by atoms with Crippen LogP contribution in [0.15, 0.2) is 6.20 Å². The highest BCUT2D eigenvalue weighted by atomic mass is 35.5. The molecule has 7 nitrogen and oxygen atoms in total. The maximum atomic E-state index is 11.8. The van der Waals surface area contributed by atoms with Gasteiger partial charge < -0.3 is 19.7 Å². The highest BCUT2D eigenvalue weighted by Gasteiger charge is 2.23. The van der Waals surface area contributed by atoms with E-state index in [9.17, 15) is 4.79 Å².